The average molecular weight is 312 g/mol. The second kappa shape index (κ2) is 5.77. The smallest absolute Gasteiger partial charge is 0.255 e. The first-order valence-corrected chi connectivity index (χ1v) is 8.06. The van der Waals surface area contributed by atoms with E-state index >= 15 is 0 Å². The molecule has 0 amide bonds. The fraction of sp³-hybridized carbons (Fsp3) is 0.471. The highest BCUT2D eigenvalue weighted by Crippen LogP contribution is 2.37. The summed E-state index contributed by atoms with van der Waals surface area (Å²) in [7, 11) is 1.67. The topological polar surface area (TPSA) is 71.1 Å². The van der Waals surface area contributed by atoms with E-state index in [4.69, 9.17) is 9.72 Å². The molecule has 2 aromatic rings. The lowest BCUT2D eigenvalue weighted by Crippen LogP contribution is -2.35. The summed E-state index contributed by atoms with van der Waals surface area (Å²) in [5.41, 5.74) is 2.85. The first kappa shape index (κ1) is 14.4. The molecule has 0 radical (unpaired) electrons. The van der Waals surface area contributed by atoms with Gasteiger partial charge in [-0.15, -0.1) is 0 Å². The zero-order chi connectivity index (χ0) is 15.8. The molecule has 0 saturated heterocycles. The van der Waals surface area contributed by atoms with E-state index in [1.807, 2.05) is 12.3 Å². The van der Waals surface area contributed by atoms with Gasteiger partial charge in [-0.3, -0.25) is 14.7 Å². The van der Waals surface area contributed by atoms with E-state index in [9.17, 15) is 4.79 Å². The van der Waals surface area contributed by atoms with Gasteiger partial charge in [0.05, 0.1) is 18.4 Å². The summed E-state index contributed by atoms with van der Waals surface area (Å²) >= 11 is 0. The standard InChI is InChI=1S/C17H20N4O2/c1-23-15-4-6-18-8-12(15)9-21-7-5-14-13(10-21)17(22)20-16(19-14)11-2-3-11/h4,6,8,11H,2-3,5,7,9-10H2,1H3,(H,19,20,22). The van der Waals surface area contributed by atoms with Gasteiger partial charge in [-0.2, -0.15) is 0 Å². The predicted molar refractivity (Wildman–Crippen MR) is 85.4 cm³/mol. The van der Waals surface area contributed by atoms with E-state index < -0.39 is 0 Å². The molecule has 4 rings (SSSR count). The van der Waals surface area contributed by atoms with E-state index in [2.05, 4.69) is 14.9 Å². The first-order chi connectivity index (χ1) is 11.2. The minimum absolute atomic E-state index is 0.0275. The summed E-state index contributed by atoms with van der Waals surface area (Å²) in [5.74, 6) is 2.20. The molecule has 120 valence electrons. The van der Waals surface area contributed by atoms with Crippen LogP contribution in [0.5, 0.6) is 5.75 Å². The van der Waals surface area contributed by atoms with Gasteiger partial charge in [0.25, 0.3) is 5.56 Å². The van der Waals surface area contributed by atoms with Crippen molar-refractivity contribution in [2.45, 2.75) is 38.3 Å². The fourth-order valence-electron chi connectivity index (χ4n) is 3.16. The summed E-state index contributed by atoms with van der Waals surface area (Å²) in [6.45, 7) is 2.24. The lowest BCUT2D eigenvalue weighted by molar-refractivity contribution is 0.237. The predicted octanol–water partition coefficient (Wildman–Crippen LogP) is 1.61. The Morgan fingerprint density at radius 1 is 1.43 bits per heavy atom. The first-order valence-electron chi connectivity index (χ1n) is 8.06. The van der Waals surface area contributed by atoms with E-state index in [1.165, 1.54) is 0 Å². The van der Waals surface area contributed by atoms with Crippen LogP contribution in [0.25, 0.3) is 0 Å². The molecule has 0 unspecified atom stereocenters. The molecule has 0 atom stereocenters. The lowest BCUT2D eigenvalue weighted by Gasteiger charge is -2.28. The van der Waals surface area contributed by atoms with E-state index in [1.54, 1.807) is 13.3 Å². The summed E-state index contributed by atoms with van der Waals surface area (Å²) in [6, 6.07) is 1.86. The van der Waals surface area contributed by atoms with Gasteiger partial charge in [0.2, 0.25) is 0 Å². The Balaban J connectivity index is 1.55. The Hall–Kier alpha value is -2.21. The largest absolute Gasteiger partial charge is 0.496 e. The maximum absolute atomic E-state index is 12.4. The molecule has 2 aromatic heterocycles. The molecule has 0 bridgehead atoms. The molecule has 3 heterocycles. The summed E-state index contributed by atoms with van der Waals surface area (Å²) in [4.78, 5) is 26.5. The fourth-order valence-corrected chi connectivity index (χ4v) is 3.16. The van der Waals surface area contributed by atoms with Gasteiger partial charge < -0.3 is 9.72 Å². The van der Waals surface area contributed by atoms with Crippen LogP contribution >= 0.6 is 0 Å². The van der Waals surface area contributed by atoms with E-state index in [0.717, 1.165) is 60.7 Å². The highest BCUT2D eigenvalue weighted by atomic mass is 16.5. The van der Waals surface area contributed by atoms with Crippen LogP contribution in [0.15, 0.2) is 23.3 Å². The molecule has 1 N–H and O–H groups in total. The van der Waals surface area contributed by atoms with Gasteiger partial charge in [0.15, 0.2) is 0 Å². The molecule has 1 aliphatic heterocycles. The maximum Gasteiger partial charge on any atom is 0.255 e. The van der Waals surface area contributed by atoms with Gasteiger partial charge in [0, 0.05) is 49.9 Å². The molecule has 6 heteroatoms. The number of hydrogen-bond acceptors (Lipinski definition) is 5. The number of nitrogens with zero attached hydrogens (tertiary/aromatic N) is 3. The molecule has 1 fully saturated rings. The number of pyridine rings is 1. The third-order valence-corrected chi connectivity index (χ3v) is 4.60. The van der Waals surface area contributed by atoms with Gasteiger partial charge in [-0.05, 0) is 18.9 Å². The van der Waals surface area contributed by atoms with Gasteiger partial charge in [-0.25, -0.2) is 4.98 Å². The van der Waals surface area contributed by atoms with Crippen molar-refractivity contribution in [1.29, 1.82) is 0 Å². The molecular weight excluding hydrogens is 292 g/mol. The van der Waals surface area contributed by atoms with Crippen molar-refractivity contribution >= 4 is 0 Å². The molecule has 0 spiro atoms. The molecule has 1 saturated carbocycles. The van der Waals surface area contributed by atoms with Crippen LogP contribution in [0.1, 0.15) is 41.4 Å². The number of H-pyrrole nitrogens is 1. The molecule has 23 heavy (non-hydrogen) atoms. The van der Waals surface area contributed by atoms with Gasteiger partial charge in [-0.1, -0.05) is 0 Å². The van der Waals surface area contributed by atoms with Crippen LogP contribution in [0.4, 0.5) is 0 Å². The van der Waals surface area contributed by atoms with Crippen LogP contribution in [0, 0.1) is 0 Å². The van der Waals surface area contributed by atoms with Gasteiger partial charge >= 0.3 is 0 Å². The Morgan fingerprint density at radius 2 is 2.30 bits per heavy atom. The minimum Gasteiger partial charge on any atom is -0.496 e. The Kier molecular flexibility index (Phi) is 3.61. The van der Waals surface area contributed by atoms with Crippen molar-refractivity contribution < 1.29 is 4.74 Å². The molecule has 0 aromatic carbocycles. The number of nitrogens with one attached hydrogen (secondary N) is 1. The van der Waals surface area contributed by atoms with Crippen molar-refractivity contribution in [3.8, 4) is 5.75 Å². The van der Waals surface area contributed by atoms with Crippen molar-refractivity contribution in [3.63, 3.8) is 0 Å². The number of rotatable bonds is 4. The highest BCUT2D eigenvalue weighted by Gasteiger charge is 2.29. The normalized spacial score (nSPS) is 17.8. The minimum atomic E-state index is 0.0275. The molecule has 1 aliphatic carbocycles. The van der Waals surface area contributed by atoms with Crippen molar-refractivity contribution in [1.82, 2.24) is 19.9 Å². The highest BCUT2D eigenvalue weighted by molar-refractivity contribution is 5.30. The zero-order valence-corrected chi connectivity index (χ0v) is 13.2. The van der Waals surface area contributed by atoms with Crippen LogP contribution in [-0.4, -0.2) is 33.5 Å². The third kappa shape index (κ3) is 2.86. The number of fused-ring (bicyclic) bond motifs is 1. The third-order valence-electron chi connectivity index (χ3n) is 4.60. The van der Waals surface area contributed by atoms with E-state index in [-0.39, 0.29) is 5.56 Å². The Morgan fingerprint density at radius 3 is 3.09 bits per heavy atom. The molecular formula is C17H20N4O2. The van der Waals surface area contributed by atoms with Crippen molar-refractivity contribution in [3.05, 3.63) is 51.5 Å². The number of aromatic nitrogens is 3. The average Bonchev–Trinajstić information content (AvgIpc) is 3.41. The van der Waals surface area contributed by atoms with Crippen LogP contribution in [0.2, 0.25) is 0 Å². The van der Waals surface area contributed by atoms with Crippen molar-refractivity contribution in [2.24, 2.45) is 0 Å². The maximum atomic E-state index is 12.4. The number of methoxy groups -OCH3 is 1. The summed E-state index contributed by atoms with van der Waals surface area (Å²) in [6.07, 6.45) is 6.67. The van der Waals surface area contributed by atoms with E-state index in [0.29, 0.717) is 12.5 Å². The van der Waals surface area contributed by atoms with Crippen LogP contribution < -0.4 is 10.3 Å². The second-order valence-electron chi connectivity index (χ2n) is 6.30. The Bertz CT molecular complexity index is 782. The SMILES string of the molecule is COc1ccncc1CN1CCc2nc(C3CC3)[nH]c(=O)c2C1. The number of ether oxygens (including phenoxy) is 1. The monoisotopic (exact) mass is 312 g/mol. The number of hydrogen-bond donors (Lipinski definition) is 1. The lowest BCUT2D eigenvalue weighted by atomic mass is 10.1. The zero-order valence-electron chi connectivity index (χ0n) is 13.2. The van der Waals surface area contributed by atoms with Crippen LogP contribution in [0.3, 0.4) is 0 Å². The van der Waals surface area contributed by atoms with Gasteiger partial charge in [0.1, 0.15) is 11.6 Å². The summed E-state index contributed by atoms with van der Waals surface area (Å²) < 4.78 is 5.38. The summed E-state index contributed by atoms with van der Waals surface area (Å²) in [5, 5.41) is 0. The molecule has 6 nitrogen and oxygen atoms in total. The Labute approximate surface area is 134 Å². The van der Waals surface area contributed by atoms with Crippen molar-refractivity contribution in [2.75, 3.05) is 13.7 Å². The van der Waals surface area contributed by atoms with Crippen LogP contribution in [-0.2, 0) is 19.5 Å². The number of aromatic amines is 1. The quantitative estimate of drug-likeness (QED) is 0.928. The second-order valence-corrected chi connectivity index (χ2v) is 6.30. The molecule has 2 aliphatic rings.